The van der Waals surface area contributed by atoms with Crippen LogP contribution in [0.4, 0.5) is 0 Å². The summed E-state index contributed by atoms with van der Waals surface area (Å²) in [7, 11) is 0. The van der Waals surface area contributed by atoms with Crippen LogP contribution < -0.4 is 0 Å². The van der Waals surface area contributed by atoms with Crippen LogP contribution in [0.15, 0.2) is 16.9 Å². The Hall–Kier alpha value is -0.350. The molecule has 0 amide bonds. The van der Waals surface area contributed by atoms with Gasteiger partial charge in [-0.05, 0) is 15.9 Å². The van der Waals surface area contributed by atoms with Crippen molar-refractivity contribution in [1.82, 2.24) is 9.78 Å². The Morgan fingerprint density at radius 2 is 2.55 bits per heavy atom. The van der Waals surface area contributed by atoms with Gasteiger partial charge in [-0.3, -0.25) is 4.68 Å². The Labute approximate surface area is 73.5 Å². The molecule has 0 N–H and O–H groups in total. The number of ether oxygens (including phenoxy) is 1. The summed E-state index contributed by atoms with van der Waals surface area (Å²) in [5.41, 5.74) is 0. The van der Waals surface area contributed by atoms with Crippen LogP contribution >= 0.6 is 15.9 Å². The lowest BCUT2D eigenvalue weighted by atomic mass is 10.1. The van der Waals surface area contributed by atoms with Crippen LogP contribution in [0.2, 0.25) is 0 Å². The molecule has 60 valence electrons. The molecule has 1 aromatic heterocycles. The van der Waals surface area contributed by atoms with Crippen molar-refractivity contribution in [3.8, 4) is 0 Å². The molecule has 1 aliphatic heterocycles. The molecule has 0 spiro atoms. The predicted octanol–water partition coefficient (Wildman–Crippen LogP) is 1.29. The van der Waals surface area contributed by atoms with Crippen LogP contribution in [0.25, 0.3) is 0 Å². The van der Waals surface area contributed by atoms with Crippen molar-refractivity contribution in [1.29, 1.82) is 0 Å². The Morgan fingerprint density at radius 1 is 1.73 bits per heavy atom. The van der Waals surface area contributed by atoms with Gasteiger partial charge in [0.25, 0.3) is 0 Å². The molecule has 0 bridgehead atoms. The fraction of sp³-hybridized carbons (Fsp3) is 0.571. The second kappa shape index (κ2) is 2.95. The molecule has 1 fully saturated rings. The lowest BCUT2D eigenvalue weighted by molar-refractivity contribution is -0.0408. The van der Waals surface area contributed by atoms with Gasteiger partial charge in [0.2, 0.25) is 0 Å². The van der Waals surface area contributed by atoms with Gasteiger partial charge in [-0.25, -0.2) is 0 Å². The minimum absolute atomic E-state index is 0.668. The smallest absolute Gasteiger partial charge is 0.0632 e. The highest BCUT2D eigenvalue weighted by Crippen LogP contribution is 2.13. The standard InChI is InChI=1S/C7H9BrN2O/c8-7-1-9-10(3-7)2-6-4-11-5-6/h1,3,6H,2,4-5H2. The van der Waals surface area contributed by atoms with Crippen molar-refractivity contribution in [2.75, 3.05) is 13.2 Å². The van der Waals surface area contributed by atoms with Gasteiger partial charge in [0.15, 0.2) is 0 Å². The Morgan fingerprint density at radius 3 is 3.00 bits per heavy atom. The number of rotatable bonds is 2. The third-order valence-corrected chi connectivity index (χ3v) is 2.16. The Kier molecular flexibility index (Phi) is 1.96. The molecule has 0 aliphatic carbocycles. The van der Waals surface area contributed by atoms with E-state index >= 15 is 0 Å². The Bertz CT molecular complexity index is 244. The minimum atomic E-state index is 0.668. The summed E-state index contributed by atoms with van der Waals surface area (Å²) in [6.07, 6.45) is 3.79. The first-order valence-electron chi connectivity index (χ1n) is 3.60. The molecule has 0 radical (unpaired) electrons. The fourth-order valence-electron chi connectivity index (χ4n) is 1.09. The lowest BCUT2D eigenvalue weighted by Crippen LogP contribution is -2.31. The molecule has 0 atom stereocenters. The molecular weight excluding hydrogens is 208 g/mol. The van der Waals surface area contributed by atoms with Crippen molar-refractivity contribution >= 4 is 15.9 Å². The van der Waals surface area contributed by atoms with E-state index in [-0.39, 0.29) is 0 Å². The maximum atomic E-state index is 5.06. The first-order chi connectivity index (χ1) is 5.34. The lowest BCUT2D eigenvalue weighted by Gasteiger charge is -2.25. The highest BCUT2D eigenvalue weighted by Gasteiger charge is 2.18. The molecule has 1 saturated heterocycles. The summed E-state index contributed by atoms with van der Waals surface area (Å²) in [5.74, 6) is 0.668. The highest BCUT2D eigenvalue weighted by atomic mass is 79.9. The average molecular weight is 217 g/mol. The van der Waals surface area contributed by atoms with E-state index in [1.165, 1.54) is 0 Å². The van der Waals surface area contributed by atoms with Crippen molar-refractivity contribution in [2.45, 2.75) is 6.54 Å². The SMILES string of the molecule is Brc1cnn(CC2COC2)c1. The molecular formula is C7H9BrN2O. The van der Waals surface area contributed by atoms with E-state index < -0.39 is 0 Å². The zero-order valence-electron chi connectivity index (χ0n) is 6.03. The van der Waals surface area contributed by atoms with E-state index in [4.69, 9.17) is 4.74 Å². The van der Waals surface area contributed by atoms with Crippen LogP contribution in [0.3, 0.4) is 0 Å². The van der Waals surface area contributed by atoms with Gasteiger partial charge in [0.05, 0.1) is 23.9 Å². The first-order valence-corrected chi connectivity index (χ1v) is 4.39. The molecule has 1 aromatic rings. The van der Waals surface area contributed by atoms with E-state index in [9.17, 15) is 0 Å². The summed E-state index contributed by atoms with van der Waals surface area (Å²) in [6, 6.07) is 0. The largest absolute Gasteiger partial charge is 0.381 e. The zero-order chi connectivity index (χ0) is 7.68. The summed E-state index contributed by atoms with van der Waals surface area (Å²) < 4.78 is 8.04. The number of aromatic nitrogens is 2. The van der Waals surface area contributed by atoms with E-state index in [1.807, 2.05) is 10.9 Å². The van der Waals surface area contributed by atoms with E-state index in [1.54, 1.807) is 6.20 Å². The van der Waals surface area contributed by atoms with Crippen molar-refractivity contribution in [2.24, 2.45) is 5.92 Å². The van der Waals surface area contributed by atoms with Crippen LogP contribution in [0.1, 0.15) is 0 Å². The van der Waals surface area contributed by atoms with E-state index in [0.29, 0.717) is 5.92 Å². The molecule has 0 saturated carbocycles. The second-order valence-electron chi connectivity index (χ2n) is 2.78. The average Bonchev–Trinajstić information content (AvgIpc) is 2.27. The van der Waals surface area contributed by atoms with Gasteiger partial charge in [-0.1, -0.05) is 0 Å². The van der Waals surface area contributed by atoms with Crippen molar-refractivity contribution in [3.63, 3.8) is 0 Å². The monoisotopic (exact) mass is 216 g/mol. The van der Waals surface area contributed by atoms with Crippen LogP contribution in [-0.2, 0) is 11.3 Å². The molecule has 11 heavy (non-hydrogen) atoms. The quantitative estimate of drug-likeness (QED) is 0.746. The highest BCUT2D eigenvalue weighted by molar-refractivity contribution is 9.10. The van der Waals surface area contributed by atoms with E-state index in [2.05, 4.69) is 21.0 Å². The van der Waals surface area contributed by atoms with E-state index in [0.717, 1.165) is 24.2 Å². The summed E-state index contributed by atoms with van der Waals surface area (Å²) >= 11 is 3.35. The molecule has 1 aliphatic rings. The minimum Gasteiger partial charge on any atom is -0.381 e. The second-order valence-corrected chi connectivity index (χ2v) is 3.70. The summed E-state index contributed by atoms with van der Waals surface area (Å²) in [6.45, 7) is 2.75. The Balaban J connectivity index is 1.95. The van der Waals surface area contributed by atoms with Gasteiger partial charge in [0, 0.05) is 18.7 Å². The fourth-order valence-corrected chi connectivity index (χ4v) is 1.42. The number of hydrogen-bond donors (Lipinski definition) is 0. The normalized spacial score (nSPS) is 18.3. The van der Waals surface area contributed by atoms with Gasteiger partial charge in [-0.2, -0.15) is 5.10 Å². The number of halogens is 1. The molecule has 2 heterocycles. The molecule has 4 heteroatoms. The maximum Gasteiger partial charge on any atom is 0.0632 e. The number of nitrogens with zero attached hydrogens (tertiary/aromatic N) is 2. The van der Waals surface area contributed by atoms with Crippen molar-refractivity contribution < 1.29 is 4.74 Å². The molecule has 0 unspecified atom stereocenters. The predicted molar refractivity (Wildman–Crippen MR) is 44.2 cm³/mol. The van der Waals surface area contributed by atoms with Gasteiger partial charge >= 0.3 is 0 Å². The number of hydrogen-bond acceptors (Lipinski definition) is 2. The van der Waals surface area contributed by atoms with Crippen LogP contribution in [0.5, 0.6) is 0 Å². The molecule has 0 aromatic carbocycles. The summed E-state index contributed by atoms with van der Waals surface area (Å²) in [5, 5.41) is 4.15. The first kappa shape index (κ1) is 7.31. The van der Waals surface area contributed by atoms with Gasteiger partial charge in [-0.15, -0.1) is 0 Å². The topological polar surface area (TPSA) is 27.1 Å². The third kappa shape index (κ3) is 1.62. The molecule has 3 nitrogen and oxygen atoms in total. The van der Waals surface area contributed by atoms with Crippen molar-refractivity contribution in [3.05, 3.63) is 16.9 Å². The maximum absolute atomic E-state index is 5.06. The zero-order valence-corrected chi connectivity index (χ0v) is 7.62. The molecule has 2 rings (SSSR count). The van der Waals surface area contributed by atoms with Crippen LogP contribution in [0, 0.1) is 5.92 Å². The van der Waals surface area contributed by atoms with Crippen LogP contribution in [-0.4, -0.2) is 23.0 Å². The van der Waals surface area contributed by atoms with Gasteiger partial charge < -0.3 is 4.74 Å². The summed E-state index contributed by atoms with van der Waals surface area (Å²) in [4.78, 5) is 0. The third-order valence-electron chi connectivity index (χ3n) is 1.75. The van der Waals surface area contributed by atoms with Gasteiger partial charge in [0.1, 0.15) is 0 Å².